The minimum atomic E-state index is -0.679. The number of thioether (sulfide) groups is 1. The van der Waals surface area contributed by atoms with Gasteiger partial charge in [-0.15, -0.1) is 11.8 Å². The summed E-state index contributed by atoms with van der Waals surface area (Å²) in [6.07, 6.45) is 0.270. The van der Waals surface area contributed by atoms with Crippen LogP contribution in [0, 0.1) is 5.82 Å². The molecule has 2 aliphatic heterocycles. The molecule has 0 spiro atoms. The van der Waals surface area contributed by atoms with Crippen molar-refractivity contribution in [2.75, 3.05) is 12.3 Å². The standard InChI is InChI=1S/C16H19FN2O3S/c1-9(20)19-8-11(21)7-14(19)16(22)18-13-4-5-23-15-3-2-10(17)6-12(13)15/h2-3,6,11,13-14,21H,4-5,7-8H2,1H3,(H,18,22)/t11-,13?,14+/m0/s1. The van der Waals surface area contributed by atoms with Gasteiger partial charge in [-0.2, -0.15) is 0 Å². The molecule has 3 atom stereocenters. The molecule has 0 aliphatic carbocycles. The Morgan fingerprint density at radius 2 is 2.22 bits per heavy atom. The van der Waals surface area contributed by atoms with Gasteiger partial charge in [0.1, 0.15) is 11.9 Å². The smallest absolute Gasteiger partial charge is 0.243 e. The number of aliphatic hydroxyl groups excluding tert-OH is 1. The molecular weight excluding hydrogens is 319 g/mol. The van der Waals surface area contributed by atoms with Crippen LogP contribution in [0.15, 0.2) is 23.1 Å². The van der Waals surface area contributed by atoms with Gasteiger partial charge in [-0.3, -0.25) is 9.59 Å². The van der Waals surface area contributed by atoms with Crippen LogP contribution in [0.3, 0.4) is 0 Å². The average Bonchev–Trinajstić information content (AvgIpc) is 2.90. The highest BCUT2D eigenvalue weighted by Crippen LogP contribution is 2.36. The number of likely N-dealkylation sites (tertiary alicyclic amines) is 1. The number of β-amino-alcohol motifs (C(OH)–C–C–N with tert-alkyl or cyclic N) is 1. The number of amides is 2. The van der Waals surface area contributed by atoms with E-state index in [1.165, 1.54) is 24.0 Å². The first-order valence-corrected chi connectivity index (χ1v) is 8.62. The molecule has 2 heterocycles. The summed E-state index contributed by atoms with van der Waals surface area (Å²) in [5.41, 5.74) is 0.780. The summed E-state index contributed by atoms with van der Waals surface area (Å²) in [7, 11) is 0. The van der Waals surface area contributed by atoms with Crippen molar-refractivity contribution in [2.45, 2.75) is 42.8 Å². The molecule has 0 aromatic heterocycles. The lowest BCUT2D eigenvalue weighted by atomic mass is 10.0. The Morgan fingerprint density at radius 1 is 1.43 bits per heavy atom. The summed E-state index contributed by atoms with van der Waals surface area (Å²) >= 11 is 1.64. The maximum absolute atomic E-state index is 13.5. The Morgan fingerprint density at radius 3 is 2.96 bits per heavy atom. The fourth-order valence-corrected chi connectivity index (χ4v) is 4.30. The molecule has 23 heavy (non-hydrogen) atoms. The van der Waals surface area contributed by atoms with Gasteiger partial charge in [0.2, 0.25) is 11.8 Å². The van der Waals surface area contributed by atoms with E-state index in [0.29, 0.717) is 6.42 Å². The number of nitrogens with one attached hydrogen (secondary N) is 1. The number of hydrogen-bond acceptors (Lipinski definition) is 4. The molecule has 1 saturated heterocycles. The Bertz CT molecular complexity index is 640. The lowest BCUT2D eigenvalue weighted by Gasteiger charge is -2.29. The maximum atomic E-state index is 13.5. The fraction of sp³-hybridized carbons (Fsp3) is 0.500. The number of hydrogen-bond donors (Lipinski definition) is 2. The second-order valence-electron chi connectivity index (χ2n) is 5.96. The zero-order valence-electron chi connectivity index (χ0n) is 12.8. The average molecular weight is 338 g/mol. The van der Waals surface area contributed by atoms with E-state index in [1.54, 1.807) is 17.8 Å². The van der Waals surface area contributed by atoms with Crippen molar-refractivity contribution in [1.82, 2.24) is 10.2 Å². The Kier molecular flexibility index (Phi) is 4.59. The number of fused-ring (bicyclic) bond motifs is 1. The first kappa shape index (κ1) is 16.3. The van der Waals surface area contributed by atoms with Gasteiger partial charge in [-0.1, -0.05) is 0 Å². The fourth-order valence-electron chi connectivity index (χ4n) is 3.19. The second-order valence-corrected chi connectivity index (χ2v) is 7.09. The summed E-state index contributed by atoms with van der Waals surface area (Å²) in [5, 5.41) is 12.7. The highest BCUT2D eigenvalue weighted by atomic mass is 32.2. The molecule has 7 heteroatoms. The molecular formula is C16H19FN2O3S. The molecule has 5 nitrogen and oxygen atoms in total. The van der Waals surface area contributed by atoms with Crippen molar-refractivity contribution in [3.63, 3.8) is 0 Å². The minimum absolute atomic E-state index is 0.180. The zero-order valence-corrected chi connectivity index (χ0v) is 13.6. The second kappa shape index (κ2) is 6.49. The van der Waals surface area contributed by atoms with Crippen molar-refractivity contribution < 1.29 is 19.1 Å². The van der Waals surface area contributed by atoms with Crippen LogP contribution in [0.25, 0.3) is 0 Å². The van der Waals surface area contributed by atoms with Gasteiger partial charge in [0.25, 0.3) is 0 Å². The van der Waals surface area contributed by atoms with E-state index < -0.39 is 12.1 Å². The van der Waals surface area contributed by atoms with E-state index in [9.17, 15) is 19.1 Å². The molecule has 1 aromatic carbocycles. The predicted molar refractivity (Wildman–Crippen MR) is 84.4 cm³/mol. The monoisotopic (exact) mass is 338 g/mol. The van der Waals surface area contributed by atoms with Crippen LogP contribution in [0.4, 0.5) is 4.39 Å². The summed E-state index contributed by atoms with van der Waals surface area (Å²) < 4.78 is 13.5. The zero-order chi connectivity index (χ0) is 16.6. The maximum Gasteiger partial charge on any atom is 0.243 e. The molecule has 0 saturated carbocycles. The molecule has 1 unspecified atom stereocenters. The van der Waals surface area contributed by atoms with Crippen LogP contribution in [0.5, 0.6) is 0 Å². The van der Waals surface area contributed by atoms with Crippen LogP contribution in [0.1, 0.15) is 31.4 Å². The van der Waals surface area contributed by atoms with E-state index in [4.69, 9.17) is 0 Å². The van der Waals surface area contributed by atoms with E-state index in [2.05, 4.69) is 5.32 Å². The lowest BCUT2D eigenvalue weighted by molar-refractivity contribution is -0.137. The first-order valence-electron chi connectivity index (χ1n) is 7.63. The summed E-state index contributed by atoms with van der Waals surface area (Å²) in [5.74, 6) is -0.00355. The number of aliphatic hydroxyl groups is 1. The Balaban J connectivity index is 1.76. The number of nitrogens with zero attached hydrogens (tertiary/aromatic N) is 1. The summed E-state index contributed by atoms with van der Waals surface area (Å²) in [4.78, 5) is 26.5. The van der Waals surface area contributed by atoms with Gasteiger partial charge in [-0.05, 0) is 30.2 Å². The van der Waals surface area contributed by atoms with Crippen molar-refractivity contribution >= 4 is 23.6 Å². The third-order valence-corrected chi connectivity index (χ3v) is 5.44. The van der Waals surface area contributed by atoms with Gasteiger partial charge in [0.15, 0.2) is 0 Å². The number of carbonyl (C=O) groups excluding carboxylic acids is 2. The van der Waals surface area contributed by atoms with Crippen LogP contribution < -0.4 is 5.32 Å². The number of benzene rings is 1. The largest absolute Gasteiger partial charge is 0.391 e. The molecule has 0 radical (unpaired) electrons. The van der Waals surface area contributed by atoms with Crippen LogP contribution in [-0.4, -0.2) is 46.3 Å². The van der Waals surface area contributed by atoms with Gasteiger partial charge in [0, 0.05) is 30.5 Å². The Labute approximate surface area is 138 Å². The summed E-state index contributed by atoms with van der Waals surface area (Å²) in [6, 6.07) is 3.68. The number of halogens is 1. The minimum Gasteiger partial charge on any atom is -0.391 e. The van der Waals surface area contributed by atoms with Crippen LogP contribution in [0.2, 0.25) is 0 Å². The van der Waals surface area contributed by atoms with Crippen LogP contribution in [-0.2, 0) is 9.59 Å². The van der Waals surface area contributed by atoms with Crippen molar-refractivity contribution in [3.05, 3.63) is 29.6 Å². The molecule has 2 amide bonds. The van der Waals surface area contributed by atoms with Gasteiger partial charge < -0.3 is 15.3 Å². The highest BCUT2D eigenvalue weighted by Gasteiger charge is 2.38. The number of rotatable bonds is 2. The van der Waals surface area contributed by atoms with Crippen molar-refractivity contribution in [1.29, 1.82) is 0 Å². The number of carbonyl (C=O) groups is 2. The quantitative estimate of drug-likeness (QED) is 0.857. The predicted octanol–water partition coefficient (Wildman–Crippen LogP) is 1.46. The van der Waals surface area contributed by atoms with Crippen LogP contribution >= 0.6 is 11.8 Å². The molecule has 1 aromatic rings. The molecule has 1 fully saturated rings. The van der Waals surface area contributed by atoms with E-state index in [-0.39, 0.29) is 36.6 Å². The highest BCUT2D eigenvalue weighted by molar-refractivity contribution is 7.99. The third kappa shape index (κ3) is 3.35. The topological polar surface area (TPSA) is 69.6 Å². The van der Waals surface area contributed by atoms with E-state index >= 15 is 0 Å². The first-order chi connectivity index (χ1) is 11.0. The van der Waals surface area contributed by atoms with Gasteiger partial charge in [-0.25, -0.2) is 4.39 Å². The molecule has 3 rings (SSSR count). The Hall–Kier alpha value is -1.60. The van der Waals surface area contributed by atoms with Crippen molar-refractivity contribution in [2.24, 2.45) is 0 Å². The van der Waals surface area contributed by atoms with Gasteiger partial charge in [0.05, 0.1) is 12.1 Å². The molecule has 2 N–H and O–H groups in total. The van der Waals surface area contributed by atoms with Crippen molar-refractivity contribution in [3.8, 4) is 0 Å². The SMILES string of the molecule is CC(=O)N1C[C@@H](O)C[C@@H]1C(=O)NC1CCSc2ccc(F)cc21. The van der Waals surface area contributed by atoms with E-state index in [0.717, 1.165) is 16.2 Å². The lowest BCUT2D eigenvalue weighted by Crippen LogP contribution is -2.46. The normalized spacial score (nSPS) is 26.7. The molecule has 0 bridgehead atoms. The van der Waals surface area contributed by atoms with Gasteiger partial charge >= 0.3 is 0 Å². The molecule has 2 aliphatic rings. The summed E-state index contributed by atoms with van der Waals surface area (Å²) in [6.45, 7) is 1.57. The molecule has 124 valence electrons. The van der Waals surface area contributed by atoms with E-state index in [1.807, 2.05) is 0 Å². The third-order valence-electron chi connectivity index (χ3n) is 4.31.